The summed E-state index contributed by atoms with van der Waals surface area (Å²) in [6, 6.07) is 18.4. The summed E-state index contributed by atoms with van der Waals surface area (Å²) in [7, 11) is 0. The van der Waals surface area contributed by atoms with Crippen LogP contribution >= 0.6 is 11.8 Å². The fourth-order valence-corrected chi connectivity index (χ4v) is 6.06. The third kappa shape index (κ3) is 4.88. The highest BCUT2D eigenvalue weighted by Gasteiger charge is 2.43. The molecule has 38 heavy (non-hydrogen) atoms. The molecule has 5 nitrogen and oxygen atoms in total. The van der Waals surface area contributed by atoms with Crippen molar-refractivity contribution in [3.05, 3.63) is 101 Å². The van der Waals surface area contributed by atoms with Gasteiger partial charge < -0.3 is 4.98 Å². The molecule has 0 spiro atoms. The Labute approximate surface area is 223 Å². The van der Waals surface area contributed by atoms with Gasteiger partial charge in [-0.05, 0) is 90.9 Å². The van der Waals surface area contributed by atoms with Crippen molar-refractivity contribution in [2.75, 3.05) is 5.75 Å². The number of hydrogen-bond donors (Lipinski definition) is 1. The maximum absolute atomic E-state index is 13.8. The maximum atomic E-state index is 13.8. The van der Waals surface area contributed by atoms with Crippen LogP contribution in [0.1, 0.15) is 42.0 Å². The molecule has 3 aromatic carbocycles. The van der Waals surface area contributed by atoms with Gasteiger partial charge in [-0.25, -0.2) is 18.8 Å². The minimum absolute atomic E-state index is 0.00374. The van der Waals surface area contributed by atoms with Crippen LogP contribution in [0.5, 0.6) is 0 Å². The van der Waals surface area contributed by atoms with Crippen LogP contribution in [0.3, 0.4) is 0 Å². The van der Waals surface area contributed by atoms with E-state index in [1.807, 2.05) is 31.2 Å². The molecule has 2 aliphatic rings. The van der Waals surface area contributed by atoms with Crippen LogP contribution in [0.15, 0.2) is 82.6 Å². The number of benzene rings is 3. The molecule has 0 bridgehead atoms. The SMILES string of the molecule is Cc1ccc2nc(SCC(=O)N3N=C4C(=Cc5ccc(F)cc5)CCCC4C3c3ccc(F)cc3)[nH]c2c1. The van der Waals surface area contributed by atoms with Crippen LogP contribution in [0.4, 0.5) is 8.78 Å². The fraction of sp³-hybridized carbons (Fsp3) is 0.233. The largest absolute Gasteiger partial charge is 0.333 e. The lowest BCUT2D eigenvalue weighted by molar-refractivity contribution is -0.130. The average molecular weight is 529 g/mol. The van der Waals surface area contributed by atoms with Crippen molar-refractivity contribution in [3.63, 3.8) is 0 Å². The lowest BCUT2D eigenvalue weighted by Gasteiger charge is -2.29. The van der Waals surface area contributed by atoms with Gasteiger partial charge in [-0.15, -0.1) is 0 Å². The van der Waals surface area contributed by atoms with Gasteiger partial charge in [-0.2, -0.15) is 5.10 Å². The summed E-state index contributed by atoms with van der Waals surface area (Å²) >= 11 is 1.35. The Bertz CT molecular complexity index is 1560. The molecular weight excluding hydrogens is 502 g/mol. The Hall–Kier alpha value is -3.78. The van der Waals surface area contributed by atoms with Gasteiger partial charge >= 0.3 is 0 Å². The van der Waals surface area contributed by atoms with Crippen molar-refractivity contribution in [2.45, 2.75) is 37.4 Å². The van der Waals surface area contributed by atoms with E-state index in [1.54, 1.807) is 29.3 Å². The number of nitrogens with one attached hydrogen (secondary N) is 1. The van der Waals surface area contributed by atoms with E-state index in [2.05, 4.69) is 9.97 Å². The third-order valence-corrected chi connectivity index (χ3v) is 7.99. The van der Waals surface area contributed by atoms with Crippen molar-refractivity contribution < 1.29 is 13.6 Å². The summed E-state index contributed by atoms with van der Waals surface area (Å²) in [6.45, 7) is 2.02. The predicted octanol–water partition coefficient (Wildman–Crippen LogP) is 7.06. The number of imidazole rings is 1. The number of nitrogens with zero attached hydrogens (tertiary/aromatic N) is 3. The lowest BCUT2D eigenvalue weighted by atomic mass is 9.77. The second-order valence-electron chi connectivity index (χ2n) is 9.79. The van der Waals surface area contributed by atoms with E-state index >= 15 is 0 Å². The number of aromatic amines is 1. The average Bonchev–Trinajstić information content (AvgIpc) is 3.51. The zero-order chi connectivity index (χ0) is 26.2. The number of allylic oxidation sites excluding steroid dienone is 1. The first-order valence-corrected chi connectivity index (χ1v) is 13.6. The van der Waals surface area contributed by atoms with Gasteiger partial charge in [0.15, 0.2) is 5.16 Å². The highest BCUT2D eigenvalue weighted by molar-refractivity contribution is 7.99. The molecule has 1 aliphatic carbocycles. The van der Waals surface area contributed by atoms with Crippen LogP contribution in [0, 0.1) is 24.5 Å². The molecule has 0 radical (unpaired) electrons. The number of fused-ring (bicyclic) bond motifs is 2. The monoisotopic (exact) mass is 528 g/mol. The highest BCUT2D eigenvalue weighted by Crippen LogP contribution is 2.44. The second kappa shape index (κ2) is 10.2. The van der Waals surface area contributed by atoms with Crippen molar-refractivity contribution in [1.82, 2.24) is 15.0 Å². The van der Waals surface area contributed by atoms with Crippen LogP contribution < -0.4 is 0 Å². The van der Waals surface area contributed by atoms with E-state index in [-0.39, 0.29) is 35.3 Å². The minimum atomic E-state index is -0.318. The van der Waals surface area contributed by atoms with Crippen molar-refractivity contribution in [3.8, 4) is 0 Å². The normalized spacial score (nSPS) is 20.1. The molecule has 0 saturated heterocycles. The number of carbonyl (C=O) groups excluding carboxylic acids is 1. The summed E-state index contributed by atoms with van der Waals surface area (Å²) in [5.41, 5.74) is 6.61. The summed E-state index contributed by atoms with van der Waals surface area (Å²) in [5.74, 6) is -0.566. The van der Waals surface area contributed by atoms with Gasteiger partial charge in [-0.3, -0.25) is 4.79 Å². The highest BCUT2D eigenvalue weighted by atomic mass is 32.2. The van der Waals surface area contributed by atoms with Crippen molar-refractivity contribution in [1.29, 1.82) is 0 Å². The number of aryl methyl sites for hydroxylation is 1. The van der Waals surface area contributed by atoms with E-state index in [4.69, 9.17) is 5.10 Å². The van der Waals surface area contributed by atoms with Gasteiger partial charge in [-0.1, -0.05) is 42.1 Å². The number of carbonyl (C=O) groups is 1. The molecule has 4 aromatic rings. The molecule has 1 fully saturated rings. The quantitative estimate of drug-likeness (QED) is 0.282. The standard InChI is InChI=1S/C30H26F2N4OS/c1-18-5-14-25-26(15-18)34-30(33-25)38-17-27(37)36-29(20-8-12-23(32)13-9-20)24-4-2-3-21(28(24)35-36)16-19-6-10-22(31)11-7-19/h5-16,24,29H,2-4,17H2,1H3,(H,33,34). The van der Waals surface area contributed by atoms with Gasteiger partial charge in [0.1, 0.15) is 11.6 Å². The maximum Gasteiger partial charge on any atom is 0.253 e. The summed E-state index contributed by atoms with van der Waals surface area (Å²) < 4.78 is 27.2. The lowest BCUT2D eigenvalue weighted by Crippen LogP contribution is -2.32. The molecule has 192 valence electrons. The topological polar surface area (TPSA) is 61.4 Å². The number of rotatable bonds is 5. The van der Waals surface area contributed by atoms with Gasteiger partial charge in [0.25, 0.3) is 5.91 Å². The van der Waals surface area contributed by atoms with Gasteiger partial charge in [0, 0.05) is 5.92 Å². The molecule has 2 heterocycles. The second-order valence-corrected chi connectivity index (χ2v) is 10.8. The van der Waals surface area contributed by atoms with Crippen LogP contribution in [-0.2, 0) is 4.79 Å². The summed E-state index contributed by atoms with van der Waals surface area (Å²) in [5, 5.41) is 7.13. The smallest absolute Gasteiger partial charge is 0.253 e. The van der Waals surface area contributed by atoms with E-state index in [0.29, 0.717) is 5.16 Å². The number of halogens is 2. The first-order chi connectivity index (χ1) is 18.4. The molecule has 1 N–H and O–H groups in total. The van der Waals surface area contributed by atoms with Crippen LogP contribution in [0.2, 0.25) is 0 Å². The van der Waals surface area contributed by atoms with E-state index in [1.165, 1.54) is 36.0 Å². The Kier molecular flexibility index (Phi) is 6.57. The molecule has 1 saturated carbocycles. The predicted molar refractivity (Wildman–Crippen MR) is 147 cm³/mol. The molecule has 2 atom stereocenters. The van der Waals surface area contributed by atoms with Crippen molar-refractivity contribution in [2.24, 2.45) is 11.0 Å². The summed E-state index contributed by atoms with van der Waals surface area (Å²) in [6.07, 6.45) is 4.69. The molecule has 1 amide bonds. The van der Waals surface area contributed by atoms with Crippen LogP contribution in [0.25, 0.3) is 17.1 Å². The van der Waals surface area contributed by atoms with Crippen LogP contribution in [-0.4, -0.2) is 32.3 Å². The first kappa shape index (κ1) is 24.6. The number of hydrazone groups is 1. The number of thioether (sulfide) groups is 1. The summed E-state index contributed by atoms with van der Waals surface area (Å²) in [4.78, 5) is 21.5. The van der Waals surface area contributed by atoms with Gasteiger partial charge in [0.2, 0.25) is 0 Å². The molecule has 8 heteroatoms. The molecule has 2 unspecified atom stereocenters. The molecule has 6 rings (SSSR count). The third-order valence-electron chi connectivity index (χ3n) is 7.13. The number of aromatic nitrogens is 2. The Morgan fingerprint density at radius 2 is 1.82 bits per heavy atom. The minimum Gasteiger partial charge on any atom is -0.333 e. The Morgan fingerprint density at radius 1 is 1.08 bits per heavy atom. The first-order valence-electron chi connectivity index (χ1n) is 12.7. The number of hydrogen-bond acceptors (Lipinski definition) is 4. The van der Waals surface area contributed by atoms with Gasteiger partial charge in [0.05, 0.1) is 28.5 Å². The Morgan fingerprint density at radius 3 is 2.58 bits per heavy atom. The number of H-pyrrole nitrogens is 1. The van der Waals surface area contributed by atoms with Crippen molar-refractivity contribution >= 4 is 40.5 Å². The zero-order valence-electron chi connectivity index (χ0n) is 20.8. The molecule has 1 aliphatic heterocycles. The Balaban J connectivity index is 1.30. The van der Waals surface area contributed by atoms with E-state index < -0.39 is 0 Å². The van der Waals surface area contributed by atoms with E-state index in [0.717, 1.165) is 58.3 Å². The molecular formula is C30H26F2N4OS. The number of amides is 1. The zero-order valence-corrected chi connectivity index (χ0v) is 21.6. The fourth-order valence-electron chi connectivity index (χ4n) is 5.33. The molecule has 1 aromatic heterocycles. The van der Waals surface area contributed by atoms with E-state index in [9.17, 15) is 13.6 Å².